The molecule has 0 bridgehead atoms. The third-order valence-corrected chi connectivity index (χ3v) is 3.65. The number of amides is 1. The Hall–Kier alpha value is -3.08. The molecular weight excluding hydrogens is 264 g/mol. The fraction of sp³-hybridized carbons (Fsp3) is 0. The zero-order valence-corrected chi connectivity index (χ0v) is 11.1. The number of benzene rings is 2. The van der Waals surface area contributed by atoms with Crippen LogP contribution < -0.4 is 5.73 Å². The fourth-order valence-electron chi connectivity index (χ4n) is 2.68. The van der Waals surface area contributed by atoms with E-state index in [1.165, 1.54) is 0 Å². The van der Waals surface area contributed by atoms with Crippen LogP contribution in [0.2, 0.25) is 0 Å². The highest BCUT2D eigenvalue weighted by molar-refractivity contribution is 5.99. The topological polar surface area (TPSA) is 76.7 Å². The number of hydrogen-bond acceptors (Lipinski definition) is 2. The highest BCUT2D eigenvalue weighted by Crippen LogP contribution is 2.26. The number of nitrogens with one attached hydrogen (secondary N) is 1. The Labute approximate surface area is 120 Å². The number of nitrogens with two attached hydrogens (primary N) is 1. The average Bonchev–Trinajstić information content (AvgIpc) is 3.10. The smallest absolute Gasteiger partial charge is 0.265 e. The Kier molecular flexibility index (Phi) is 2.35. The van der Waals surface area contributed by atoms with Crippen LogP contribution in [0.5, 0.6) is 0 Å². The minimum atomic E-state index is -0.446. The molecule has 21 heavy (non-hydrogen) atoms. The van der Waals surface area contributed by atoms with Gasteiger partial charge in [-0.25, -0.2) is 0 Å². The maximum Gasteiger partial charge on any atom is 0.265 e. The molecule has 0 aliphatic heterocycles. The molecule has 0 unspecified atom stereocenters. The molecule has 4 rings (SSSR count). The lowest BCUT2D eigenvalue weighted by Crippen LogP contribution is -2.15. The number of aromatic nitrogens is 3. The van der Waals surface area contributed by atoms with Crippen LogP contribution in [-0.2, 0) is 0 Å². The monoisotopic (exact) mass is 276 g/mol. The van der Waals surface area contributed by atoms with Crippen LogP contribution in [0.3, 0.4) is 0 Å². The van der Waals surface area contributed by atoms with E-state index in [0.29, 0.717) is 5.69 Å². The van der Waals surface area contributed by atoms with Crippen molar-refractivity contribution < 1.29 is 4.79 Å². The van der Waals surface area contributed by atoms with Crippen molar-refractivity contribution in [1.82, 2.24) is 14.8 Å². The summed E-state index contributed by atoms with van der Waals surface area (Å²) in [6, 6.07) is 15.5. The summed E-state index contributed by atoms with van der Waals surface area (Å²) in [5.74, 6) is -0.446. The van der Waals surface area contributed by atoms with Gasteiger partial charge >= 0.3 is 0 Å². The molecule has 1 amide bonds. The number of para-hydroxylation sites is 1. The van der Waals surface area contributed by atoms with Crippen LogP contribution in [0, 0.1) is 0 Å². The molecule has 0 fully saturated rings. The largest absolute Gasteiger partial charge is 0.364 e. The Bertz CT molecular complexity index is 980. The fourth-order valence-corrected chi connectivity index (χ4v) is 2.68. The van der Waals surface area contributed by atoms with E-state index >= 15 is 0 Å². The molecule has 0 spiro atoms. The van der Waals surface area contributed by atoms with Crippen LogP contribution in [0.15, 0.2) is 54.7 Å². The number of hydrogen-bond donors (Lipinski definition) is 2. The summed E-state index contributed by atoms with van der Waals surface area (Å²) in [6.45, 7) is 0. The zero-order valence-electron chi connectivity index (χ0n) is 11.1. The number of H-pyrrole nitrogens is 1. The summed E-state index contributed by atoms with van der Waals surface area (Å²) < 4.78 is 1.88. The number of aromatic amines is 1. The summed E-state index contributed by atoms with van der Waals surface area (Å²) in [7, 11) is 0. The quantitative estimate of drug-likeness (QED) is 0.590. The van der Waals surface area contributed by atoms with Crippen molar-refractivity contribution in [1.29, 1.82) is 0 Å². The van der Waals surface area contributed by atoms with Crippen LogP contribution >= 0.6 is 0 Å². The molecule has 0 saturated heterocycles. The highest BCUT2D eigenvalue weighted by Gasteiger charge is 2.14. The molecule has 3 N–H and O–H groups in total. The van der Waals surface area contributed by atoms with Crippen molar-refractivity contribution >= 4 is 27.7 Å². The van der Waals surface area contributed by atoms with E-state index in [2.05, 4.69) is 10.2 Å². The van der Waals surface area contributed by atoms with Crippen LogP contribution in [0.1, 0.15) is 10.5 Å². The Morgan fingerprint density at radius 1 is 1.10 bits per heavy atom. The second-order valence-electron chi connectivity index (χ2n) is 4.93. The molecule has 0 aliphatic carbocycles. The van der Waals surface area contributed by atoms with Crippen molar-refractivity contribution in [2.75, 3.05) is 0 Å². The predicted molar refractivity (Wildman–Crippen MR) is 81.4 cm³/mol. The Balaban J connectivity index is 2.07. The first kappa shape index (κ1) is 11.7. The summed E-state index contributed by atoms with van der Waals surface area (Å²) >= 11 is 0. The van der Waals surface area contributed by atoms with E-state index in [9.17, 15) is 4.79 Å². The van der Waals surface area contributed by atoms with E-state index in [1.807, 2.05) is 53.1 Å². The summed E-state index contributed by atoms with van der Waals surface area (Å²) in [4.78, 5) is 11.8. The molecule has 5 heteroatoms. The SMILES string of the molecule is NC(=O)c1cc2ccccc2n1-c1ccc2[nH]ncc2c1. The maximum absolute atomic E-state index is 11.8. The Morgan fingerprint density at radius 3 is 2.81 bits per heavy atom. The lowest BCUT2D eigenvalue weighted by Gasteiger charge is -2.09. The number of nitrogens with zero attached hydrogens (tertiary/aromatic N) is 2. The molecule has 2 aromatic heterocycles. The van der Waals surface area contributed by atoms with Crippen molar-refractivity contribution in [2.45, 2.75) is 0 Å². The second-order valence-corrected chi connectivity index (χ2v) is 4.93. The third-order valence-electron chi connectivity index (χ3n) is 3.65. The van der Waals surface area contributed by atoms with Gasteiger partial charge in [-0.3, -0.25) is 9.89 Å². The van der Waals surface area contributed by atoms with Crippen molar-refractivity contribution in [3.8, 4) is 5.69 Å². The van der Waals surface area contributed by atoms with E-state index in [4.69, 9.17) is 5.73 Å². The van der Waals surface area contributed by atoms with Gasteiger partial charge in [0.05, 0.1) is 17.2 Å². The van der Waals surface area contributed by atoms with Crippen molar-refractivity contribution in [2.24, 2.45) is 5.73 Å². The molecule has 0 aliphatic rings. The average molecular weight is 276 g/mol. The molecule has 102 valence electrons. The number of rotatable bonds is 2. The zero-order chi connectivity index (χ0) is 14.4. The summed E-state index contributed by atoms with van der Waals surface area (Å²) in [6.07, 6.45) is 1.76. The summed E-state index contributed by atoms with van der Waals surface area (Å²) in [5, 5.41) is 8.90. The number of fused-ring (bicyclic) bond motifs is 2. The molecule has 2 heterocycles. The summed E-state index contributed by atoms with van der Waals surface area (Å²) in [5.41, 5.74) is 8.80. The van der Waals surface area contributed by atoms with Gasteiger partial charge in [0.2, 0.25) is 0 Å². The van der Waals surface area contributed by atoms with Crippen molar-refractivity contribution in [3.05, 3.63) is 60.4 Å². The van der Waals surface area contributed by atoms with Crippen LogP contribution in [-0.4, -0.2) is 20.7 Å². The van der Waals surface area contributed by atoms with Gasteiger partial charge in [0.25, 0.3) is 5.91 Å². The number of primary amides is 1. The standard InChI is InChI=1S/C16H12N4O/c17-16(21)15-8-10-3-1-2-4-14(10)20(15)12-5-6-13-11(7-12)9-18-19-13/h1-9H,(H2,17,21)(H,18,19). The third kappa shape index (κ3) is 1.71. The lowest BCUT2D eigenvalue weighted by atomic mass is 10.2. The van der Waals surface area contributed by atoms with Gasteiger partial charge in [-0.15, -0.1) is 0 Å². The van der Waals surface area contributed by atoms with Gasteiger partial charge in [0, 0.05) is 16.5 Å². The van der Waals surface area contributed by atoms with E-state index in [0.717, 1.165) is 27.5 Å². The highest BCUT2D eigenvalue weighted by atomic mass is 16.1. The van der Waals surface area contributed by atoms with E-state index < -0.39 is 5.91 Å². The Morgan fingerprint density at radius 2 is 1.95 bits per heavy atom. The molecule has 0 atom stereocenters. The predicted octanol–water partition coefficient (Wildman–Crippen LogP) is 2.61. The molecule has 0 radical (unpaired) electrons. The van der Waals surface area contributed by atoms with Crippen LogP contribution in [0.4, 0.5) is 0 Å². The normalized spacial score (nSPS) is 11.2. The van der Waals surface area contributed by atoms with E-state index in [1.54, 1.807) is 6.20 Å². The molecule has 0 saturated carbocycles. The molecule has 5 nitrogen and oxygen atoms in total. The first-order chi connectivity index (χ1) is 10.2. The number of carbonyl (C=O) groups is 1. The first-order valence-corrected chi connectivity index (χ1v) is 6.58. The van der Waals surface area contributed by atoms with E-state index in [-0.39, 0.29) is 0 Å². The first-order valence-electron chi connectivity index (χ1n) is 6.58. The second kappa shape index (κ2) is 4.21. The van der Waals surface area contributed by atoms with Crippen LogP contribution in [0.25, 0.3) is 27.5 Å². The van der Waals surface area contributed by atoms with Gasteiger partial charge in [-0.2, -0.15) is 5.10 Å². The molecular formula is C16H12N4O. The van der Waals surface area contributed by atoms with Gasteiger partial charge in [-0.1, -0.05) is 18.2 Å². The molecule has 4 aromatic rings. The minimum absolute atomic E-state index is 0.446. The molecule has 2 aromatic carbocycles. The van der Waals surface area contributed by atoms with Crippen molar-refractivity contribution in [3.63, 3.8) is 0 Å². The van der Waals surface area contributed by atoms with Gasteiger partial charge in [0.15, 0.2) is 0 Å². The van der Waals surface area contributed by atoms with Gasteiger partial charge < -0.3 is 10.3 Å². The maximum atomic E-state index is 11.8. The lowest BCUT2D eigenvalue weighted by molar-refractivity contribution is 0.0994. The van der Waals surface area contributed by atoms with Gasteiger partial charge in [-0.05, 0) is 30.3 Å². The number of carbonyl (C=O) groups excluding carboxylic acids is 1. The minimum Gasteiger partial charge on any atom is -0.364 e. The van der Waals surface area contributed by atoms with Gasteiger partial charge in [0.1, 0.15) is 5.69 Å².